The molecule has 1 aromatic rings. The molecule has 0 unspecified atom stereocenters. The molecule has 0 bridgehead atoms. The Hall–Kier alpha value is -2.83. The van der Waals surface area contributed by atoms with E-state index in [9.17, 15) is 14.4 Å². The van der Waals surface area contributed by atoms with E-state index in [4.69, 9.17) is 4.74 Å². The van der Waals surface area contributed by atoms with Gasteiger partial charge in [-0.05, 0) is 44.5 Å². The highest BCUT2D eigenvalue weighted by Gasteiger charge is 2.35. The molecule has 1 aromatic carbocycles. The van der Waals surface area contributed by atoms with Crippen molar-refractivity contribution in [3.8, 4) is 0 Å². The molecule has 1 fully saturated rings. The van der Waals surface area contributed by atoms with E-state index in [1.54, 1.807) is 24.3 Å². The lowest BCUT2D eigenvalue weighted by molar-refractivity contribution is -0.117. The second-order valence-electron chi connectivity index (χ2n) is 7.72. The lowest BCUT2D eigenvalue weighted by atomic mass is 10.1. The summed E-state index contributed by atoms with van der Waals surface area (Å²) in [5.41, 5.74) is 3.44. The van der Waals surface area contributed by atoms with Gasteiger partial charge in [0.1, 0.15) is 11.8 Å². The minimum atomic E-state index is -0.517. The Kier molecular flexibility index (Phi) is 9.38. The molecule has 3 amide bonds. The summed E-state index contributed by atoms with van der Waals surface area (Å²) in [5.74, 6) is -1.15. The van der Waals surface area contributed by atoms with Gasteiger partial charge in [-0.25, -0.2) is 5.01 Å². The van der Waals surface area contributed by atoms with Gasteiger partial charge in [-0.3, -0.25) is 19.8 Å². The van der Waals surface area contributed by atoms with Gasteiger partial charge in [0.25, 0.3) is 17.7 Å². The topological polar surface area (TPSA) is 87.7 Å². The van der Waals surface area contributed by atoms with Crippen LogP contribution in [0.3, 0.4) is 0 Å². The molecule has 1 saturated heterocycles. The molecule has 1 aliphatic heterocycles. The lowest BCUT2D eigenvalue weighted by Gasteiger charge is -2.15. The minimum absolute atomic E-state index is 0.0554. The average molecular weight is 416 g/mol. The summed E-state index contributed by atoms with van der Waals surface area (Å²) < 4.78 is 5.26. The predicted molar refractivity (Wildman–Crippen MR) is 117 cm³/mol. The summed E-state index contributed by atoms with van der Waals surface area (Å²) in [5, 5.41) is 4.08. The quantitative estimate of drug-likeness (QED) is 0.235. The first-order valence-corrected chi connectivity index (χ1v) is 10.8. The van der Waals surface area contributed by atoms with Gasteiger partial charge < -0.3 is 10.1 Å². The standard InChI is InChI=1S/C23H33N3O4/c1-4-5-6-7-8-9-10-15-24-21(27)18-11-13-19(14-12-18)26-23(29)20(22(28)25-26)16-30-17(2)3/h11-14,16-17H,4-10,15H2,1-3H3,(H,24,27)(H,25,28). The summed E-state index contributed by atoms with van der Waals surface area (Å²) in [6.07, 6.45) is 9.44. The van der Waals surface area contributed by atoms with Gasteiger partial charge in [0.05, 0.1) is 11.8 Å². The number of carbonyl (C=O) groups excluding carboxylic acids is 3. The highest BCUT2D eigenvalue weighted by Crippen LogP contribution is 2.20. The fourth-order valence-electron chi connectivity index (χ4n) is 3.07. The van der Waals surface area contributed by atoms with E-state index in [1.807, 2.05) is 13.8 Å². The molecule has 0 atom stereocenters. The van der Waals surface area contributed by atoms with Crippen molar-refractivity contribution in [2.24, 2.45) is 0 Å². The third-order valence-corrected chi connectivity index (χ3v) is 4.80. The number of nitrogens with zero attached hydrogens (tertiary/aromatic N) is 1. The highest BCUT2D eigenvalue weighted by molar-refractivity contribution is 6.29. The zero-order valence-corrected chi connectivity index (χ0v) is 18.2. The molecule has 1 aliphatic rings. The fourth-order valence-corrected chi connectivity index (χ4v) is 3.07. The average Bonchev–Trinajstić information content (AvgIpc) is 3.01. The van der Waals surface area contributed by atoms with Crippen LogP contribution < -0.4 is 15.8 Å². The van der Waals surface area contributed by atoms with E-state index >= 15 is 0 Å². The van der Waals surface area contributed by atoms with Crippen LogP contribution in [0.4, 0.5) is 5.69 Å². The van der Waals surface area contributed by atoms with Gasteiger partial charge in [0.2, 0.25) is 0 Å². The molecular weight excluding hydrogens is 382 g/mol. The van der Waals surface area contributed by atoms with E-state index < -0.39 is 11.8 Å². The number of benzene rings is 1. The zero-order valence-electron chi connectivity index (χ0n) is 18.2. The van der Waals surface area contributed by atoms with E-state index in [-0.39, 0.29) is 17.6 Å². The van der Waals surface area contributed by atoms with E-state index in [2.05, 4.69) is 17.7 Å². The maximum atomic E-state index is 12.4. The maximum absolute atomic E-state index is 12.4. The molecule has 30 heavy (non-hydrogen) atoms. The second-order valence-corrected chi connectivity index (χ2v) is 7.72. The summed E-state index contributed by atoms with van der Waals surface area (Å²) in [6.45, 7) is 6.48. The van der Waals surface area contributed by atoms with Gasteiger partial charge >= 0.3 is 0 Å². The van der Waals surface area contributed by atoms with Crippen molar-refractivity contribution in [2.45, 2.75) is 71.8 Å². The molecule has 0 spiro atoms. The Morgan fingerprint density at radius 1 is 1.07 bits per heavy atom. The predicted octanol–water partition coefficient (Wildman–Crippen LogP) is 3.85. The monoisotopic (exact) mass is 415 g/mol. The number of rotatable bonds is 12. The van der Waals surface area contributed by atoms with Crippen LogP contribution in [-0.4, -0.2) is 30.4 Å². The summed E-state index contributed by atoms with van der Waals surface area (Å²) in [7, 11) is 0. The first-order valence-electron chi connectivity index (χ1n) is 10.8. The molecule has 1 heterocycles. The summed E-state index contributed by atoms with van der Waals surface area (Å²) >= 11 is 0. The Bertz CT molecular complexity index is 756. The number of unbranched alkanes of at least 4 members (excludes halogenated alkanes) is 6. The van der Waals surface area contributed by atoms with Gasteiger partial charge in [0, 0.05) is 12.1 Å². The third-order valence-electron chi connectivity index (χ3n) is 4.80. The fraction of sp³-hybridized carbons (Fsp3) is 0.522. The van der Waals surface area contributed by atoms with Crippen LogP contribution in [0, 0.1) is 0 Å². The number of hydrazine groups is 1. The van der Waals surface area contributed by atoms with Gasteiger partial charge in [-0.15, -0.1) is 0 Å². The van der Waals surface area contributed by atoms with Crippen molar-refractivity contribution in [3.63, 3.8) is 0 Å². The van der Waals surface area contributed by atoms with E-state index in [0.717, 1.165) is 17.9 Å². The number of anilines is 1. The Morgan fingerprint density at radius 3 is 2.33 bits per heavy atom. The van der Waals surface area contributed by atoms with Crippen molar-refractivity contribution in [1.82, 2.24) is 10.7 Å². The van der Waals surface area contributed by atoms with Gasteiger partial charge in [-0.1, -0.05) is 45.4 Å². The molecule has 2 N–H and O–H groups in total. The normalized spacial score (nSPS) is 15.1. The van der Waals surface area contributed by atoms with E-state index in [1.165, 1.54) is 38.4 Å². The molecule has 0 radical (unpaired) electrons. The van der Waals surface area contributed by atoms with Crippen LogP contribution in [0.1, 0.15) is 76.1 Å². The molecule has 7 heteroatoms. The van der Waals surface area contributed by atoms with Gasteiger partial charge in [-0.2, -0.15) is 0 Å². The van der Waals surface area contributed by atoms with Crippen LogP contribution in [0.15, 0.2) is 36.1 Å². The highest BCUT2D eigenvalue weighted by atomic mass is 16.5. The van der Waals surface area contributed by atoms with Crippen LogP contribution in [0.25, 0.3) is 0 Å². The summed E-state index contributed by atoms with van der Waals surface area (Å²) in [4.78, 5) is 36.7. The van der Waals surface area contributed by atoms with Crippen LogP contribution in [-0.2, 0) is 14.3 Å². The molecule has 7 nitrogen and oxygen atoms in total. The van der Waals surface area contributed by atoms with Crippen LogP contribution >= 0.6 is 0 Å². The van der Waals surface area contributed by atoms with Gasteiger partial charge in [0.15, 0.2) is 0 Å². The molecule has 2 rings (SSSR count). The second kappa shape index (κ2) is 12.0. The molecular formula is C23H33N3O4. The number of hydrogen-bond donors (Lipinski definition) is 2. The van der Waals surface area contributed by atoms with Crippen molar-refractivity contribution < 1.29 is 19.1 Å². The largest absolute Gasteiger partial charge is 0.498 e. The van der Waals surface area contributed by atoms with Crippen LogP contribution in [0.2, 0.25) is 0 Å². The third kappa shape index (κ3) is 6.90. The number of hydrogen-bond acceptors (Lipinski definition) is 4. The lowest BCUT2D eigenvalue weighted by Crippen LogP contribution is -2.35. The van der Waals surface area contributed by atoms with Crippen LogP contribution in [0.5, 0.6) is 0 Å². The molecule has 0 aliphatic carbocycles. The van der Waals surface area contributed by atoms with Crippen molar-refractivity contribution >= 4 is 23.4 Å². The number of carbonyl (C=O) groups is 3. The Balaban J connectivity index is 1.82. The Morgan fingerprint density at radius 2 is 1.70 bits per heavy atom. The maximum Gasteiger partial charge on any atom is 0.285 e. The molecule has 0 aromatic heterocycles. The van der Waals surface area contributed by atoms with Crippen molar-refractivity contribution in [1.29, 1.82) is 0 Å². The minimum Gasteiger partial charge on any atom is -0.498 e. The van der Waals surface area contributed by atoms with Crippen molar-refractivity contribution in [3.05, 3.63) is 41.7 Å². The SMILES string of the molecule is CCCCCCCCCNC(=O)c1ccc(N2NC(=O)C(=COC(C)C)C2=O)cc1. The number of ether oxygens (including phenoxy) is 1. The number of nitrogens with one attached hydrogen (secondary N) is 2. The van der Waals surface area contributed by atoms with E-state index in [0.29, 0.717) is 17.8 Å². The first kappa shape index (κ1) is 23.4. The summed E-state index contributed by atoms with van der Waals surface area (Å²) in [6, 6.07) is 6.54. The Labute approximate surface area is 178 Å². The van der Waals surface area contributed by atoms with Crippen molar-refractivity contribution in [2.75, 3.05) is 11.6 Å². The zero-order chi connectivity index (χ0) is 21.9. The molecule has 0 saturated carbocycles. The smallest absolute Gasteiger partial charge is 0.285 e. The molecule has 164 valence electrons. The first-order chi connectivity index (χ1) is 14.4. The number of amides is 3.